The van der Waals surface area contributed by atoms with Crippen LogP contribution in [0.5, 0.6) is 17.2 Å². The molecule has 174 valence electrons. The summed E-state index contributed by atoms with van der Waals surface area (Å²) in [6, 6.07) is 10.2. The SMILES string of the molecule is CCNC(=O)c1cccc(CNC(=NC)NCc2cc3c(cc2OC(F)F)OCO3)c1.I. The second-order valence-corrected chi connectivity index (χ2v) is 6.53. The minimum absolute atomic E-state index is 0. The summed E-state index contributed by atoms with van der Waals surface area (Å²) < 4.78 is 40.7. The molecular weight excluding hydrogens is 537 g/mol. The number of amides is 1. The van der Waals surface area contributed by atoms with Gasteiger partial charge in [0.25, 0.3) is 5.91 Å². The number of nitrogens with one attached hydrogen (secondary N) is 3. The lowest BCUT2D eigenvalue weighted by Crippen LogP contribution is -2.36. The van der Waals surface area contributed by atoms with E-state index < -0.39 is 6.61 Å². The molecule has 1 aliphatic heterocycles. The Labute approximate surface area is 201 Å². The molecule has 0 bridgehead atoms. The lowest BCUT2D eigenvalue weighted by molar-refractivity contribution is -0.0505. The van der Waals surface area contributed by atoms with E-state index in [1.807, 2.05) is 13.0 Å². The van der Waals surface area contributed by atoms with Crippen LogP contribution in [0, 0.1) is 0 Å². The summed E-state index contributed by atoms with van der Waals surface area (Å²) in [5, 5.41) is 8.95. The maximum atomic E-state index is 12.8. The lowest BCUT2D eigenvalue weighted by atomic mass is 10.1. The Bertz CT molecular complexity index is 959. The first kappa shape index (κ1) is 25.4. The minimum atomic E-state index is -2.96. The number of guanidine groups is 1. The molecule has 0 spiro atoms. The van der Waals surface area contributed by atoms with Crippen LogP contribution in [0.3, 0.4) is 0 Å². The van der Waals surface area contributed by atoms with Crippen LogP contribution < -0.4 is 30.2 Å². The van der Waals surface area contributed by atoms with Gasteiger partial charge in [-0.3, -0.25) is 9.79 Å². The summed E-state index contributed by atoms with van der Waals surface area (Å²) >= 11 is 0. The van der Waals surface area contributed by atoms with E-state index in [-0.39, 0.29) is 49.0 Å². The highest BCUT2D eigenvalue weighted by Gasteiger charge is 2.20. The average Bonchev–Trinajstić information content (AvgIpc) is 3.21. The Balaban J connectivity index is 0.00000363. The van der Waals surface area contributed by atoms with Gasteiger partial charge in [-0.15, -0.1) is 24.0 Å². The van der Waals surface area contributed by atoms with Crippen molar-refractivity contribution < 1.29 is 27.8 Å². The molecule has 1 heterocycles. The first-order chi connectivity index (χ1) is 15.0. The topological polar surface area (TPSA) is 93.2 Å². The van der Waals surface area contributed by atoms with Gasteiger partial charge in [-0.05, 0) is 30.7 Å². The Morgan fingerprint density at radius 2 is 1.84 bits per heavy atom. The van der Waals surface area contributed by atoms with Crippen LogP contribution in [0.2, 0.25) is 0 Å². The Morgan fingerprint density at radius 3 is 2.53 bits per heavy atom. The predicted molar refractivity (Wildman–Crippen MR) is 126 cm³/mol. The van der Waals surface area contributed by atoms with Crippen LogP contribution in [0.4, 0.5) is 8.78 Å². The highest BCUT2D eigenvalue weighted by Crippen LogP contribution is 2.38. The number of nitrogens with zero attached hydrogens (tertiary/aromatic N) is 1. The summed E-state index contributed by atoms with van der Waals surface area (Å²) in [6.45, 7) is 0.0463. The van der Waals surface area contributed by atoms with E-state index in [1.165, 1.54) is 6.07 Å². The number of alkyl halides is 2. The van der Waals surface area contributed by atoms with Gasteiger partial charge in [0, 0.05) is 43.9 Å². The van der Waals surface area contributed by atoms with Crippen LogP contribution in [-0.4, -0.2) is 38.9 Å². The third-order valence-corrected chi connectivity index (χ3v) is 4.43. The number of rotatable bonds is 8. The zero-order valence-corrected chi connectivity index (χ0v) is 19.9. The molecule has 0 aliphatic carbocycles. The van der Waals surface area contributed by atoms with Gasteiger partial charge in [0.1, 0.15) is 5.75 Å². The molecule has 0 aromatic heterocycles. The van der Waals surface area contributed by atoms with Crippen LogP contribution in [0.1, 0.15) is 28.4 Å². The molecule has 0 unspecified atom stereocenters. The Morgan fingerprint density at radius 1 is 1.12 bits per heavy atom. The molecule has 0 saturated heterocycles. The van der Waals surface area contributed by atoms with E-state index in [0.29, 0.717) is 41.7 Å². The number of hydrogen-bond acceptors (Lipinski definition) is 5. The summed E-state index contributed by atoms with van der Waals surface area (Å²) in [5.41, 5.74) is 1.92. The van der Waals surface area contributed by atoms with E-state index >= 15 is 0 Å². The fourth-order valence-corrected chi connectivity index (χ4v) is 2.98. The van der Waals surface area contributed by atoms with Crippen LogP contribution in [-0.2, 0) is 13.1 Å². The lowest BCUT2D eigenvalue weighted by Gasteiger charge is -2.15. The number of benzene rings is 2. The second kappa shape index (κ2) is 12.3. The fourth-order valence-electron chi connectivity index (χ4n) is 2.98. The second-order valence-electron chi connectivity index (χ2n) is 6.53. The minimum Gasteiger partial charge on any atom is -0.454 e. The number of carbonyl (C=O) groups is 1. The van der Waals surface area contributed by atoms with Gasteiger partial charge in [0.2, 0.25) is 6.79 Å². The fraction of sp³-hybridized carbons (Fsp3) is 0.333. The zero-order chi connectivity index (χ0) is 22.2. The number of carbonyl (C=O) groups excluding carboxylic acids is 1. The van der Waals surface area contributed by atoms with Crippen molar-refractivity contribution in [3.05, 3.63) is 53.1 Å². The molecule has 0 saturated carbocycles. The maximum absolute atomic E-state index is 12.8. The molecule has 2 aromatic carbocycles. The number of aliphatic imine (C=N–C) groups is 1. The predicted octanol–water partition coefficient (Wildman–Crippen LogP) is 3.25. The number of ether oxygens (including phenoxy) is 3. The van der Waals surface area contributed by atoms with E-state index in [2.05, 4.69) is 25.7 Å². The third kappa shape index (κ3) is 6.84. The summed E-state index contributed by atoms with van der Waals surface area (Å²) in [7, 11) is 1.59. The number of halogens is 3. The average molecular weight is 562 g/mol. The van der Waals surface area contributed by atoms with Gasteiger partial charge in [-0.1, -0.05) is 12.1 Å². The van der Waals surface area contributed by atoms with Crippen molar-refractivity contribution in [2.24, 2.45) is 4.99 Å². The number of fused-ring (bicyclic) bond motifs is 1. The van der Waals surface area contributed by atoms with E-state index in [9.17, 15) is 13.6 Å². The molecule has 32 heavy (non-hydrogen) atoms. The van der Waals surface area contributed by atoms with E-state index in [1.54, 1.807) is 31.3 Å². The standard InChI is InChI=1S/C21H24F2N4O4.HI/c1-3-25-19(28)14-6-4-5-13(7-14)10-26-21(24-2)27-11-15-8-17-18(30-12-29-17)9-16(15)31-20(22)23;/h4-9,20H,3,10-12H2,1-2H3,(H,25,28)(H2,24,26,27);1H. The van der Waals surface area contributed by atoms with Crippen molar-refractivity contribution in [3.63, 3.8) is 0 Å². The van der Waals surface area contributed by atoms with Crippen molar-refractivity contribution in [2.45, 2.75) is 26.6 Å². The highest BCUT2D eigenvalue weighted by atomic mass is 127. The van der Waals surface area contributed by atoms with Crippen molar-refractivity contribution >= 4 is 35.8 Å². The molecule has 0 radical (unpaired) electrons. The largest absolute Gasteiger partial charge is 0.454 e. The summed E-state index contributed by atoms with van der Waals surface area (Å²) in [6.07, 6.45) is 0. The van der Waals surface area contributed by atoms with Crippen LogP contribution in [0.25, 0.3) is 0 Å². The van der Waals surface area contributed by atoms with Crippen molar-refractivity contribution in [2.75, 3.05) is 20.4 Å². The van der Waals surface area contributed by atoms with Gasteiger partial charge in [-0.2, -0.15) is 8.78 Å². The molecule has 1 amide bonds. The van der Waals surface area contributed by atoms with Gasteiger partial charge in [-0.25, -0.2) is 0 Å². The Kier molecular flexibility index (Phi) is 9.75. The van der Waals surface area contributed by atoms with Gasteiger partial charge in [0.05, 0.1) is 0 Å². The van der Waals surface area contributed by atoms with Crippen LogP contribution >= 0.6 is 24.0 Å². The normalized spacial score (nSPS) is 12.2. The number of hydrogen-bond donors (Lipinski definition) is 3. The molecule has 1 aliphatic rings. The molecule has 8 nitrogen and oxygen atoms in total. The van der Waals surface area contributed by atoms with Crippen molar-refractivity contribution in [1.82, 2.24) is 16.0 Å². The first-order valence-electron chi connectivity index (χ1n) is 9.69. The molecule has 0 atom stereocenters. The quantitative estimate of drug-likeness (QED) is 0.260. The van der Waals surface area contributed by atoms with Gasteiger partial charge < -0.3 is 30.2 Å². The molecular formula is C21H25F2IN4O4. The van der Waals surface area contributed by atoms with Crippen molar-refractivity contribution in [3.8, 4) is 17.2 Å². The van der Waals surface area contributed by atoms with Gasteiger partial charge in [0.15, 0.2) is 17.5 Å². The molecule has 2 aromatic rings. The summed E-state index contributed by atoms with van der Waals surface area (Å²) in [5.74, 6) is 1.12. The molecule has 0 fully saturated rings. The smallest absolute Gasteiger partial charge is 0.387 e. The van der Waals surface area contributed by atoms with E-state index in [0.717, 1.165) is 5.56 Å². The maximum Gasteiger partial charge on any atom is 0.387 e. The van der Waals surface area contributed by atoms with E-state index in [4.69, 9.17) is 9.47 Å². The van der Waals surface area contributed by atoms with Gasteiger partial charge >= 0.3 is 6.61 Å². The monoisotopic (exact) mass is 562 g/mol. The molecule has 3 N–H and O–H groups in total. The molecule has 3 rings (SSSR count). The first-order valence-corrected chi connectivity index (χ1v) is 9.69. The van der Waals surface area contributed by atoms with Crippen LogP contribution in [0.15, 0.2) is 41.4 Å². The third-order valence-electron chi connectivity index (χ3n) is 4.43. The zero-order valence-electron chi connectivity index (χ0n) is 17.6. The summed E-state index contributed by atoms with van der Waals surface area (Å²) in [4.78, 5) is 16.1. The Hall–Kier alpha value is -2.83. The highest BCUT2D eigenvalue weighted by molar-refractivity contribution is 14.0. The van der Waals surface area contributed by atoms with Crippen molar-refractivity contribution in [1.29, 1.82) is 0 Å². The molecule has 11 heteroatoms.